The first kappa shape index (κ1) is 15.7. The number of thioether (sulfide) groups is 1. The van der Waals surface area contributed by atoms with Crippen LogP contribution in [0.5, 0.6) is 0 Å². The number of rotatable bonds is 5. The lowest BCUT2D eigenvalue weighted by atomic mass is 10.4. The predicted octanol–water partition coefficient (Wildman–Crippen LogP) is 2.35. The standard InChI is InChI=1S/C13H14N6O2S2/c1-7(11(20)14-12-17-15-8(2)23-12)22-13-18-16-10(19(13)3)9-5-4-6-21-9/h4-7H,1-3H3,(H,14,17,20)/t7-/m0/s1. The maximum absolute atomic E-state index is 12.2. The third-order valence-corrected chi connectivity index (χ3v) is 4.87. The first-order valence-corrected chi connectivity index (χ1v) is 8.45. The monoisotopic (exact) mass is 350 g/mol. The minimum atomic E-state index is -0.355. The highest BCUT2D eigenvalue weighted by atomic mass is 32.2. The number of amides is 1. The zero-order valence-electron chi connectivity index (χ0n) is 12.7. The van der Waals surface area contributed by atoms with E-state index in [0.717, 1.165) is 5.01 Å². The zero-order valence-corrected chi connectivity index (χ0v) is 14.3. The van der Waals surface area contributed by atoms with Gasteiger partial charge in [0, 0.05) is 7.05 Å². The van der Waals surface area contributed by atoms with E-state index in [1.165, 1.54) is 23.1 Å². The smallest absolute Gasteiger partial charge is 0.239 e. The lowest BCUT2D eigenvalue weighted by molar-refractivity contribution is -0.115. The second-order valence-electron chi connectivity index (χ2n) is 4.72. The van der Waals surface area contributed by atoms with Crippen molar-refractivity contribution in [1.29, 1.82) is 0 Å². The van der Waals surface area contributed by atoms with Crippen molar-refractivity contribution in [2.45, 2.75) is 24.3 Å². The third-order valence-electron chi connectivity index (χ3n) is 2.98. The average molecular weight is 350 g/mol. The lowest BCUT2D eigenvalue weighted by Crippen LogP contribution is -2.22. The second-order valence-corrected chi connectivity index (χ2v) is 7.21. The van der Waals surface area contributed by atoms with Gasteiger partial charge in [-0.05, 0) is 26.0 Å². The van der Waals surface area contributed by atoms with Gasteiger partial charge in [-0.3, -0.25) is 10.1 Å². The van der Waals surface area contributed by atoms with Gasteiger partial charge in [-0.2, -0.15) is 0 Å². The van der Waals surface area contributed by atoms with E-state index in [4.69, 9.17) is 4.42 Å². The molecule has 23 heavy (non-hydrogen) atoms. The molecule has 0 unspecified atom stereocenters. The Labute approximate surface area is 140 Å². The molecule has 0 aliphatic heterocycles. The highest BCUT2D eigenvalue weighted by Crippen LogP contribution is 2.26. The van der Waals surface area contributed by atoms with Crippen molar-refractivity contribution < 1.29 is 9.21 Å². The van der Waals surface area contributed by atoms with E-state index in [1.54, 1.807) is 23.8 Å². The van der Waals surface area contributed by atoms with Gasteiger partial charge in [-0.1, -0.05) is 23.1 Å². The number of hydrogen-bond acceptors (Lipinski definition) is 8. The van der Waals surface area contributed by atoms with Gasteiger partial charge in [0.25, 0.3) is 0 Å². The highest BCUT2D eigenvalue weighted by molar-refractivity contribution is 8.00. The molecule has 3 aromatic rings. The normalized spacial score (nSPS) is 12.3. The number of furan rings is 1. The van der Waals surface area contributed by atoms with Crippen LogP contribution in [0.2, 0.25) is 0 Å². The molecule has 0 radical (unpaired) electrons. The van der Waals surface area contributed by atoms with Crippen LogP contribution in [0.4, 0.5) is 5.13 Å². The Morgan fingerprint density at radius 1 is 1.39 bits per heavy atom. The maximum atomic E-state index is 12.2. The zero-order chi connectivity index (χ0) is 16.4. The molecule has 0 spiro atoms. The molecule has 3 rings (SSSR count). The first-order chi connectivity index (χ1) is 11.0. The first-order valence-electron chi connectivity index (χ1n) is 6.75. The molecule has 1 N–H and O–H groups in total. The van der Waals surface area contributed by atoms with Gasteiger partial charge in [-0.25, -0.2) is 0 Å². The Balaban J connectivity index is 1.68. The molecular formula is C13H14N6O2S2. The van der Waals surface area contributed by atoms with E-state index in [-0.39, 0.29) is 11.2 Å². The molecule has 3 aromatic heterocycles. The quantitative estimate of drug-likeness (QED) is 0.705. The topological polar surface area (TPSA) is 98.7 Å². The third kappa shape index (κ3) is 3.42. The molecule has 0 bridgehead atoms. The summed E-state index contributed by atoms with van der Waals surface area (Å²) in [7, 11) is 1.83. The summed E-state index contributed by atoms with van der Waals surface area (Å²) in [5.41, 5.74) is 0. The van der Waals surface area contributed by atoms with Crippen LogP contribution in [0.1, 0.15) is 11.9 Å². The van der Waals surface area contributed by atoms with Gasteiger partial charge in [0.2, 0.25) is 11.0 Å². The fourth-order valence-corrected chi connectivity index (χ4v) is 3.21. The molecule has 1 amide bonds. The van der Waals surface area contributed by atoms with E-state index in [0.29, 0.717) is 21.9 Å². The molecule has 0 saturated carbocycles. The van der Waals surface area contributed by atoms with Crippen LogP contribution >= 0.6 is 23.1 Å². The van der Waals surface area contributed by atoms with E-state index < -0.39 is 0 Å². The molecule has 0 fully saturated rings. The maximum Gasteiger partial charge on any atom is 0.239 e. The number of hydrogen-bond donors (Lipinski definition) is 1. The van der Waals surface area contributed by atoms with Crippen LogP contribution in [0.25, 0.3) is 11.6 Å². The second kappa shape index (κ2) is 6.50. The van der Waals surface area contributed by atoms with Crippen LogP contribution in [0, 0.1) is 6.92 Å². The molecule has 0 saturated heterocycles. The summed E-state index contributed by atoms with van der Waals surface area (Å²) in [6.45, 7) is 3.64. The number of aromatic nitrogens is 5. The molecule has 0 aliphatic carbocycles. The van der Waals surface area contributed by atoms with Crippen molar-refractivity contribution in [2.75, 3.05) is 5.32 Å². The highest BCUT2D eigenvalue weighted by Gasteiger charge is 2.21. The van der Waals surface area contributed by atoms with E-state index in [1.807, 2.05) is 20.0 Å². The number of nitrogens with one attached hydrogen (secondary N) is 1. The average Bonchev–Trinajstić information content (AvgIpc) is 3.23. The molecule has 3 heterocycles. The Hall–Kier alpha value is -2.20. The van der Waals surface area contributed by atoms with Crippen molar-refractivity contribution in [3.05, 3.63) is 23.4 Å². The molecule has 1 atom stereocenters. The van der Waals surface area contributed by atoms with Crippen LogP contribution in [0.15, 0.2) is 28.0 Å². The van der Waals surface area contributed by atoms with Gasteiger partial charge < -0.3 is 8.98 Å². The summed E-state index contributed by atoms with van der Waals surface area (Å²) >= 11 is 2.65. The molecule has 0 aliphatic rings. The summed E-state index contributed by atoms with van der Waals surface area (Å²) in [4.78, 5) is 12.2. The van der Waals surface area contributed by atoms with Crippen LogP contribution < -0.4 is 5.32 Å². The van der Waals surface area contributed by atoms with Crippen molar-refractivity contribution in [1.82, 2.24) is 25.0 Å². The summed E-state index contributed by atoms with van der Waals surface area (Å²) in [5, 5.41) is 20.3. The largest absolute Gasteiger partial charge is 0.461 e. The number of nitrogens with zero attached hydrogens (tertiary/aromatic N) is 5. The number of anilines is 1. The molecule has 8 nitrogen and oxygen atoms in total. The number of aryl methyl sites for hydroxylation is 1. The van der Waals surface area contributed by atoms with Gasteiger partial charge in [-0.15, -0.1) is 20.4 Å². The Morgan fingerprint density at radius 2 is 2.22 bits per heavy atom. The predicted molar refractivity (Wildman–Crippen MR) is 87.3 cm³/mol. The van der Waals surface area contributed by atoms with Crippen LogP contribution in [0.3, 0.4) is 0 Å². The number of carbonyl (C=O) groups is 1. The summed E-state index contributed by atoms with van der Waals surface area (Å²) in [6, 6.07) is 3.60. The molecular weight excluding hydrogens is 336 g/mol. The molecule has 10 heteroatoms. The minimum absolute atomic E-state index is 0.159. The molecule has 120 valence electrons. The van der Waals surface area contributed by atoms with Crippen molar-refractivity contribution in [3.8, 4) is 11.6 Å². The fourth-order valence-electron chi connectivity index (χ4n) is 1.80. The van der Waals surface area contributed by atoms with Crippen LogP contribution in [-0.4, -0.2) is 36.1 Å². The van der Waals surface area contributed by atoms with Crippen molar-refractivity contribution >= 4 is 34.1 Å². The fraction of sp³-hybridized carbons (Fsp3) is 0.308. The minimum Gasteiger partial charge on any atom is -0.461 e. The molecule has 0 aromatic carbocycles. The summed E-state index contributed by atoms with van der Waals surface area (Å²) in [6.07, 6.45) is 1.58. The Morgan fingerprint density at radius 3 is 2.87 bits per heavy atom. The van der Waals surface area contributed by atoms with Crippen molar-refractivity contribution in [2.24, 2.45) is 7.05 Å². The Kier molecular flexibility index (Phi) is 4.44. The van der Waals surface area contributed by atoms with Crippen molar-refractivity contribution in [3.63, 3.8) is 0 Å². The van der Waals surface area contributed by atoms with Crippen LogP contribution in [-0.2, 0) is 11.8 Å². The van der Waals surface area contributed by atoms with E-state index in [9.17, 15) is 4.79 Å². The SMILES string of the molecule is Cc1nnc(NC(=O)[C@H](C)Sc2nnc(-c3ccco3)n2C)s1. The van der Waals surface area contributed by atoms with Gasteiger partial charge in [0.05, 0.1) is 11.5 Å². The van der Waals surface area contributed by atoms with E-state index in [2.05, 4.69) is 25.7 Å². The van der Waals surface area contributed by atoms with E-state index >= 15 is 0 Å². The van der Waals surface area contributed by atoms with Gasteiger partial charge >= 0.3 is 0 Å². The summed E-state index contributed by atoms with van der Waals surface area (Å²) < 4.78 is 7.12. The number of carbonyl (C=O) groups excluding carboxylic acids is 1. The Bertz CT molecular complexity index is 810. The summed E-state index contributed by atoms with van der Waals surface area (Å²) in [5.74, 6) is 1.09. The lowest BCUT2D eigenvalue weighted by Gasteiger charge is -2.09. The van der Waals surface area contributed by atoms with Gasteiger partial charge in [0.1, 0.15) is 5.01 Å². The van der Waals surface area contributed by atoms with Gasteiger partial charge in [0.15, 0.2) is 16.7 Å².